The van der Waals surface area contributed by atoms with Crippen LogP contribution in [0.25, 0.3) is 6.08 Å². The fourth-order valence-corrected chi connectivity index (χ4v) is 2.95. The minimum atomic E-state index is -1.93. The standard InChI is InChI=1S/C15H24O3Si2/c1-19(2,3)17-14(15(16)18-20(4,5)6)12-13-10-8-7-9-11-13/h7-12H,1-6H3/b14-12-. The summed E-state index contributed by atoms with van der Waals surface area (Å²) in [5.41, 5.74) is 0.938. The molecule has 0 fully saturated rings. The summed E-state index contributed by atoms with van der Waals surface area (Å²) in [5, 5.41) is 0. The van der Waals surface area contributed by atoms with Gasteiger partial charge < -0.3 is 8.85 Å². The molecule has 1 rings (SSSR count). The Morgan fingerprint density at radius 2 is 1.40 bits per heavy atom. The van der Waals surface area contributed by atoms with Crippen molar-refractivity contribution in [1.29, 1.82) is 0 Å². The minimum absolute atomic E-state index is 0.317. The second kappa shape index (κ2) is 6.41. The maximum absolute atomic E-state index is 12.3. The lowest BCUT2D eigenvalue weighted by atomic mass is 10.2. The Kier molecular flexibility index (Phi) is 5.36. The maximum Gasteiger partial charge on any atom is 0.358 e. The Labute approximate surface area is 123 Å². The van der Waals surface area contributed by atoms with E-state index in [1.54, 1.807) is 6.08 Å². The summed E-state index contributed by atoms with van der Waals surface area (Å²) in [7, 11) is -3.80. The highest BCUT2D eigenvalue weighted by molar-refractivity contribution is 6.72. The molecule has 20 heavy (non-hydrogen) atoms. The molecule has 0 amide bonds. The molecule has 0 radical (unpaired) electrons. The van der Waals surface area contributed by atoms with E-state index in [0.29, 0.717) is 5.76 Å². The second-order valence-electron chi connectivity index (χ2n) is 6.64. The third kappa shape index (κ3) is 6.72. The van der Waals surface area contributed by atoms with Gasteiger partial charge in [0.2, 0.25) is 16.6 Å². The number of benzene rings is 1. The zero-order valence-corrected chi connectivity index (χ0v) is 15.2. The Balaban J connectivity index is 3.03. The van der Waals surface area contributed by atoms with E-state index in [1.807, 2.05) is 69.6 Å². The Morgan fingerprint density at radius 1 is 0.900 bits per heavy atom. The topological polar surface area (TPSA) is 35.5 Å². The summed E-state index contributed by atoms with van der Waals surface area (Å²) in [4.78, 5) is 12.3. The highest BCUT2D eigenvalue weighted by atomic mass is 28.4. The van der Waals surface area contributed by atoms with E-state index in [0.717, 1.165) is 5.56 Å². The van der Waals surface area contributed by atoms with Gasteiger partial charge in [-0.1, -0.05) is 30.3 Å². The normalized spacial score (nSPS) is 13.0. The van der Waals surface area contributed by atoms with Crippen LogP contribution in [-0.2, 0) is 13.6 Å². The Morgan fingerprint density at radius 3 is 1.85 bits per heavy atom. The smallest absolute Gasteiger partial charge is 0.358 e. The summed E-state index contributed by atoms with van der Waals surface area (Å²) >= 11 is 0. The summed E-state index contributed by atoms with van der Waals surface area (Å²) in [5.74, 6) is -0.0340. The van der Waals surface area contributed by atoms with E-state index in [-0.39, 0.29) is 5.97 Å². The minimum Gasteiger partial charge on any atom is -0.539 e. The van der Waals surface area contributed by atoms with E-state index in [4.69, 9.17) is 8.85 Å². The Bertz CT molecular complexity index is 482. The second-order valence-corrected chi connectivity index (χ2v) is 15.5. The summed E-state index contributed by atoms with van der Waals surface area (Å²) < 4.78 is 11.4. The van der Waals surface area contributed by atoms with Crippen LogP contribution in [0.2, 0.25) is 39.3 Å². The van der Waals surface area contributed by atoms with Gasteiger partial charge in [0.05, 0.1) is 0 Å². The van der Waals surface area contributed by atoms with Gasteiger partial charge in [0.25, 0.3) is 0 Å². The van der Waals surface area contributed by atoms with Gasteiger partial charge in [0.15, 0.2) is 5.76 Å². The van der Waals surface area contributed by atoms with Crippen LogP contribution in [0.5, 0.6) is 0 Å². The predicted octanol–water partition coefficient (Wildman–Crippen LogP) is 4.26. The molecule has 0 aromatic heterocycles. The first-order valence-electron chi connectivity index (χ1n) is 6.76. The largest absolute Gasteiger partial charge is 0.539 e. The van der Waals surface area contributed by atoms with Crippen LogP contribution in [0.1, 0.15) is 5.56 Å². The molecule has 1 aromatic rings. The van der Waals surface area contributed by atoms with Crippen LogP contribution < -0.4 is 0 Å². The third-order valence-corrected chi connectivity index (χ3v) is 3.74. The van der Waals surface area contributed by atoms with Gasteiger partial charge in [0.1, 0.15) is 0 Å². The fourth-order valence-electron chi connectivity index (χ4n) is 1.49. The third-order valence-electron chi connectivity index (χ3n) is 2.11. The van der Waals surface area contributed by atoms with Crippen molar-refractivity contribution in [3.8, 4) is 0 Å². The molecule has 0 bridgehead atoms. The number of carbonyl (C=O) groups is 1. The first-order valence-corrected chi connectivity index (χ1v) is 13.6. The molecule has 0 aliphatic heterocycles. The molecule has 0 heterocycles. The van der Waals surface area contributed by atoms with Crippen LogP contribution in [0.15, 0.2) is 36.1 Å². The molecule has 0 atom stereocenters. The molecule has 0 aliphatic carbocycles. The monoisotopic (exact) mass is 308 g/mol. The van der Waals surface area contributed by atoms with Gasteiger partial charge in [0, 0.05) is 0 Å². The summed E-state index contributed by atoms with van der Waals surface area (Å²) in [6.45, 7) is 12.1. The zero-order valence-electron chi connectivity index (χ0n) is 13.2. The molecule has 0 aliphatic rings. The highest BCUT2D eigenvalue weighted by Gasteiger charge is 2.27. The molecule has 0 saturated heterocycles. The van der Waals surface area contributed by atoms with Gasteiger partial charge in [-0.3, -0.25) is 0 Å². The van der Waals surface area contributed by atoms with E-state index >= 15 is 0 Å². The van der Waals surface area contributed by atoms with Crippen molar-refractivity contribution in [3.05, 3.63) is 41.7 Å². The first-order chi connectivity index (χ1) is 9.07. The average Bonchev–Trinajstić information content (AvgIpc) is 2.25. The SMILES string of the molecule is C[Si](C)(C)OC(=O)/C(=C/c1ccccc1)O[Si](C)(C)C. The van der Waals surface area contributed by atoms with E-state index < -0.39 is 16.6 Å². The number of carbonyl (C=O) groups excluding carboxylic acids is 1. The summed E-state index contributed by atoms with van der Waals surface area (Å²) in [6, 6.07) is 9.69. The van der Waals surface area contributed by atoms with Crippen molar-refractivity contribution in [2.24, 2.45) is 0 Å². The molecule has 110 valence electrons. The molecular weight excluding hydrogens is 284 g/mol. The maximum atomic E-state index is 12.3. The molecular formula is C15H24O3Si2. The first kappa shape index (κ1) is 16.7. The predicted molar refractivity (Wildman–Crippen MR) is 88.3 cm³/mol. The molecule has 0 unspecified atom stereocenters. The zero-order chi connectivity index (χ0) is 15.4. The molecule has 0 N–H and O–H groups in total. The van der Waals surface area contributed by atoms with E-state index in [2.05, 4.69) is 0 Å². The van der Waals surface area contributed by atoms with Crippen LogP contribution in [0.4, 0.5) is 0 Å². The van der Waals surface area contributed by atoms with Gasteiger partial charge in [-0.15, -0.1) is 0 Å². The van der Waals surface area contributed by atoms with Crippen LogP contribution in [-0.4, -0.2) is 22.6 Å². The van der Waals surface area contributed by atoms with Gasteiger partial charge >= 0.3 is 5.97 Å². The van der Waals surface area contributed by atoms with Crippen molar-refractivity contribution in [3.63, 3.8) is 0 Å². The Hall–Kier alpha value is -1.34. The van der Waals surface area contributed by atoms with E-state index in [9.17, 15) is 4.79 Å². The molecule has 1 aromatic carbocycles. The fraction of sp³-hybridized carbons (Fsp3) is 0.400. The van der Waals surface area contributed by atoms with Gasteiger partial charge in [-0.05, 0) is 50.9 Å². The van der Waals surface area contributed by atoms with E-state index in [1.165, 1.54) is 0 Å². The lowest BCUT2D eigenvalue weighted by Crippen LogP contribution is -2.33. The molecule has 3 nitrogen and oxygen atoms in total. The summed E-state index contributed by atoms with van der Waals surface area (Å²) in [6.07, 6.45) is 1.76. The van der Waals surface area contributed by atoms with Crippen molar-refractivity contribution in [2.75, 3.05) is 0 Å². The molecule has 0 saturated carbocycles. The van der Waals surface area contributed by atoms with Crippen molar-refractivity contribution in [1.82, 2.24) is 0 Å². The van der Waals surface area contributed by atoms with Gasteiger partial charge in [-0.2, -0.15) is 0 Å². The lowest BCUT2D eigenvalue weighted by Gasteiger charge is -2.24. The average molecular weight is 309 g/mol. The van der Waals surface area contributed by atoms with Crippen molar-refractivity contribution in [2.45, 2.75) is 39.3 Å². The molecule has 5 heteroatoms. The van der Waals surface area contributed by atoms with Crippen LogP contribution in [0.3, 0.4) is 0 Å². The number of rotatable bonds is 5. The number of hydrogen-bond acceptors (Lipinski definition) is 3. The highest BCUT2D eigenvalue weighted by Crippen LogP contribution is 2.18. The number of hydrogen-bond donors (Lipinski definition) is 0. The van der Waals surface area contributed by atoms with Crippen LogP contribution >= 0.6 is 0 Å². The van der Waals surface area contributed by atoms with Crippen molar-refractivity contribution < 1.29 is 13.6 Å². The lowest BCUT2D eigenvalue weighted by molar-refractivity contribution is -0.133. The molecule has 0 spiro atoms. The quantitative estimate of drug-likeness (QED) is 0.463. The van der Waals surface area contributed by atoms with Crippen molar-refractivity contribution >= 4 is 28.7 Å². The van der Waals surface area contributed by atoms with Gasteiger partial charge in [-0.25, -0.2) is 4.79 Å². The van der Waals surface area contributed by atoms with Crippen LogP contribution in [0, 0.1) is 0 Å².